The maximum absolute atomic E-state index is 10.6. The van der Waals surface area contributed by atoms with E-state index in [1.807, 2.05) is 0 Å². The van der Waals surface area contributed by atoms with E-state index in [1.54, 1.807) is 12.1 Å². The Balaban J connectivity index is 1.79. The minimum absolute atomic E-state index is 0.0498. The zero-order chi connectivity index (χ0) is 14.6. The van der Waals surface area contributed by atoms with Gasteiger partial charge in [0.05, 0.1) is 11.0 Å². The summed E-state index contributed by atoms with van der Waals surface area (Å²) in [6.45, 7) is 3.64. The fraction of sp³-hybridized carbons (Fsp3) is 0.600. The van der Waals surface area contributed by atoms with Crippen molar-refractivity contribution in [3.8, 4) is 0 Å². The summed E-state index contributed by atoms with van der Waals surface area (Å²) in [7, 11) is 0. The second-order valence-corrected chi connectivity index (χ2v) is 5.75. The first-order chi connectivity index (χ1) is 9.56. The molecule has 1 atom stereocenters. The van der Waals surface area contributed by atoms with E-state index in [9.17, 15) is 15.2 Å². The highest BCUT2D eigenvalue weighted by atomic mass is 16.6. The number of nitrogens with zero attached hydrogens (tertiary/aromatic N) is 1. The van der Waals surface area contributed by atoms with E-state index in [-0.39, 0.29) is 5.69 Å². The molecule has 20 heavy (non-hydrogen) atoms. The first-order valence-corrected chi connectivity index (χ1v) is 7.19. The van der Waals surface area contributed by atoms with Crippen molar-refractivity contribution in [3.63, 3.8) is 0 Å². The molecule has 1 aromatic rings. The normalized spacial score (nSPS) is 17.7. The Labute approximate surface area is 119 Å². The van der Waals surface area contributed by atoms with Crippen molar-refractivity contribution in [2.45, 2.75) is 38.7 Å². The van der Waals surface area contributed by atoms with Crippen LogP contribution in [0.2, 0.25) is 0 Å². The minimum Gasteiger partial charge on any atom is -0.387 e. The molecule has 1 saturated carbocycles. The highest BCUT2D eigenvalue weighted by Crippen LogP contribution is 2.48. The van der Waals surface area contributed by atoms with E-state index < -0.39 is 11.0 Å². The molecule has 2 rings (SSSR count). The molecule has 1 fully saturated rings. The van der Waals surface area contributed by atoms with Crippen LogP contribution in [0.1, 0.15) is 44.3 Å². The molecule has 0 heterocycles. The van der Waals surface area contributed by atoms with Crippen LogP contribution < -0.4 is 5.32 Å². The number of nitro groups is 1. The molecule has 0 bridgehead atoms. The summed E-state index contributed by atoms with van der Waals surface area (Å²) in [4.78, 5) is 10.1. The topological polar surface area (TPSA) is 75.4 Å². The third-order valence-corrected chi connectivity index (χ3v) is 4.06. The molecular weight excluding hydrogens is 256 g/mol. The smallest absolute Gasteiger partial charge is 0.269 e. The van der Waals surface area contributed by atoms with E-state index in [0.717, 1.165) is 6.54 Å². The van der Waals surface area contributed by atoms with Gasteiger partial charge in [0, 0.05) is 25.2 Å². The number of non-ortho nitro benzene ring substituents is 1. The first kappa shape index (κ1) is 14.9. The second kappa shape index (κ2) is 6.33. The molecule has 0 radical (unpaired) electrons. The van der Waals surface area contributed by atoms with Crippen LogP contribution in [0.5, 0.6) is 0 Å². The van der Waals surface area contributed by atoms with Crippen LogP contribution in [-0.4, -0.2) is 23.1 Å². The van der Waals surface area contributed by atoms with Crippen molar-refractivity contribution >= 4 is 5.69 Å². The van der Waals surface area contributed by atoms with Crippen LogP contribution in [-0.2, 0) is 0 Å². The number of rotatable bonds is 8. The van der Waals surface area contributed by atoms with Gasteiger partial charge >= 0.3 is 0 Å². The average Bonchev–Trinajstić information content (AvgIpc) is 3.19. The van der Waals surface area contributed by atoms with Crippen molar-refractivity contribution in [1.82, 2.24) is 5.32 Å². The Hall–Kier alpha value is -1.46. The molecule has 5 nitrogen and oxygen atoms in total. The molecule has 0 saturated heterocycles. The first-order valence-electron chi connectivity index (χ1n) is 7.19. The van der Waals surface area contributed by atoms with Crippen molar-refractivity contribution in [3.05, 3.63) is 39.9 Å². The minimum atomic E-state index is -0.617. The quantitative estimate of drug-likeness (QED) is 0.566. The fourth-order valence-corrected chi connectivity index (χ4v) is 2.63. The molecule has 110 valence electrons. The zero-order valence-corrected chi connectivity index (χ0v) is 11.8. The van der Waals surface area contributed by atoms with Gasteiger partial charge in [0.15, 0.2) is 0 Å². The summed E-state index contributed by atoms with van der Waals surface area (Å²) >= 11 is 0. The monoisotopic (exact) mass is 278 g/mol. The van der Waals surface area contributed by atoms with Crippen LogP contribution >= 0.6 is 0 Å². The molecule has 5 heteroatoms. The van der Waals surface area contributed by atoms with Crippen LogP contribution in [0.15, 0.2) is 24.3 Å². The maximum atomic E-state index is 10.6. The molecule has 0 aliphatic heterocycles. The van der Waals surface area contributed by atoms with E-state index in [1.165, 1.54) is 37.8 Å². The summed E-state index contributed by atoms with van der Waals surface area (Å²) in [5.74, 6) is 0. The average molecular weight is 278 g/mol. The van der Waals surface area contributed by atoms with Gasteiger partial charge in [0.1, 0.15) is 0 Å². The molecule has 1 aliphatic carbocycles. The number of nitro benzene ring substituents is 1. The number of aliphatic hydroxyl groups is 1. The lowest BCUT2D eigenvalue weighted by molar-refractivity contribution is -0.384. The van der Waals surface area contributed by atoms with Gasteiger partial charge < -0.3 is 10.4 Å². The van der Waals surface area contributed by atoms with Gasteiger partial charge in [-0.15, -0.1) is 0 Å². The molecule has 1 unspecified atom stereocenters. The number of hydrogen-bond donors (Lipinski definition) is 2. The molecular formula is C15H22N2O3. The molecule has 1 aliphatic rings. The highest BCUT2D eigenvalue weighted by Gasteiger charge is 2.40. The standard InChI is InChI=1S/C15H22N2O3/c1-2-7-15(8-9-15)11-16-10-14(18)12-3-5-13(6-4-12)17(19)20/h3-6,14,16,18H,2,7-11H2,1H3. The third kappa shape index (κ3) is 3.77. The molecule has 0 aromatic heterocycles. The Kier molecular flexibility index (Phi) is 4.73. The zero-order valence-electron chi connectivity index (χ0n) is 11.8. The number of nitrogens with one attached hydrogen (secondary N) is 1. The fourth-order valence-electron chi connectivity index (χ4n) is 2.63. The number of hydrogen-bond acceptors (Lipinski definition) is 4. The lowest BCUT2D eigenvalue weighted by Crippen LogP contribution is -2.28. The van der Waals surface area contributed by atoms with Crippen molar-refractivity contribution in [1.29, 1.82) is 0 Å². The van der Waals surface area contributed by atoms with Crippen molar-refractivity contribution in [2.24, 2.45) is 5.41 Å². The van der Waals surface area contributed by atoms with Gasteiger partial charge in [-0.3, -0.25) is 10.1 Å². The van der Waals surface area contributed by atoms with E-state index in [2.05, 4.69) is 12.2 Å². The van der Waals surface area contributed by atoms with Crippen LogP contribution in [0.4, 0.5) is 5.69 Å². The van der Waals surface area contributed by atoms with Gasteiger partial charge in [-0.2, -0.15) is 0 Å². The molecule has 1 aromatic carbocycles. The lowest BCUT2D eigenvalue weighted by Gasteiger charge is -2.17. The summed E-state index contributed by atoms with van der Waals surface area (Å²) in [6, 6.07) is 6.09. The maximum Gasteiger partial charge on any atom is 0.269 e. The van der Waals surface area contributed by atoms with Gasteiger partial charge in [-0.05, 0) is 42.4 Å². The lowest BCUT2D eigenvalue weighted by atomic mass is 10.0. The second-order valence-electron chi connectivity index (χ2n) is 5.75. The molecule has 2 N–H and O–H groups in total. The third-order valence-electron chi connectivity index (χ3n) is 4.06. The van der Waals surface area contributed by atoms with Gasteiger partial charge in [-0.1, -0.05) is 13.3 Å². The molecule has 0 amide bonds. The van der Waals surface area contributed by atoms with E-state index in [4.69, 9.17) is 0 Å². The van der Waals surface area contributed by atoms with Crippen molar-refractivity contribution < 1.29 is 10.0 Å². The Morgan fingerprint density at radius 1 is 1.40 bits per heavy atom. The predicted octanol–water partition coefficient (Wildman–Crippen LogP) is 2.80. The number of benzene rings is 1. The Bertz CT molecular complexity index is 455. The van der Waals surface area contributed by atoms with Crippen molar-refractivity contribution in [2.75, 3.05) is 13.1 Å². The van der Waals surface area contributed by atoms with Crippen LogP contribution in [0.3, 0.4) is 0 Å². The SMILES string of the molecule is CCCC1(CNCC(O)c2ccc([N+](=O)[O-])cc2)CC1. The molecule has 0 spiro atoms. The number of aliphatic hydroxyl groups excluding tert-OH is 1. The van der Waals surface area contributed by atoms with Gasteiger partial charge in [-0.25, -0.2) is 0 Å². The summed E-state index contributed by atoms with van der Waals surface area (Å²) in [6.07, 6.45) is 4.39. The predicted molar refractivity (Wildman–Crippen MR) is 77.5 cm³/mol. The largest absolute Gasteiger partial charge is 0.387 e. The summed E-state index contributed by atoms with van der Waals surface area (Å²) in [5, 5.41) is 24.0. The Morgan fingerprint density at radius 3 is 2.55 bits per heavy atom. The summed E-state index contributed by atoms with van der Waals surface area (Å²) < 4.78 is 0. The van der Waals surface area contributed by atoms with Crippen LogP contribution in [0.25, 0.3) is 0 Å². The summed E-state index contributed by atoms with van der Waals surface area (Å²) in [5.41, 5.74) is 1.22. The van der Waals surface area contributed by atoms with Gasteiger partial charge in [0.2, 0.25) is 0 Å². The Morgan fingerprint density at radius 2 is 2.05 bits per heavy atom. The van der Waals surface area contributed by atoms with E-state index >= 15 is 0 Å². The highest BCUT2D eigenvalue weighted by molar-refractivity contribution is 5.33. The van der Waals surface area contributed by atoms with E-state index in [0.29, 0.717) is 17.5 Å². The van der Waals surface area contributed by atoms with Gasteiger partial charge in [0.25, 0.3) is 5.69 Å². The van der Waals surface area contributed by atoms with Crippen LogP contribution in [0, 0.1) is 15.5 Å².